The van der Waals surface area contributed by atoms with Crippen molar-refractivity contribution in [2.45, 2.75) is 51.8 Å². The monoisotopic (exact) mass is 322 g/mol. The molecule has 8 heteroatoms. The first kappa shape index (κ1) is 16.9. The molecule has 0 aromatic heterocycles. The third kappa shape index (κ3) is 4.06. The zero-order chi connectivity index (χ0) is 16.6. The van der Waals surface area contributed by atoms with E-state index in [9.17, 15) is 18.0 Å². The number of carbonyl (C=O) groups is 1. The molecule has 1 fully saturated rings. The third-order valence-corrected chi connectivity index (χ3v) is 3.61. The van der Waals surface area contributed by atoms with Gasteiger partial charge in [0.1, 0.15) is 11.4 Å². The number of hydrogen-bond acceptors (Lipinski definition) is 4. The average molecular weight is 322 g/mol. The van der Waals surface area contributed by atoms with E-state index in [4.69, 9.17) is 9.47 Å². The van der Waals surface area contributed by atoms with Crippen LogP contribution in [-0.4, -0.2) is 36.0 Å². The maximum atomic E-state index is 12.8. The lowest BCUT2D eigenvalue weighted by atomic mass is 10.0. The molecule has 1 aliphatic heterocycles. The van der Waals surface area contributed by atoms with Crippen molar-refractivity contribution in [1.82, 2.24) is 10.4 Å². The minimum atomic E-state index is -4.17. The number of rotatable bonds is 4. The lowest BCUT2D eigenvalue weighted by Crippen LogP contribution is -2.39. The van der Waals surface area contributed by atoms with Gasteiger partial charge in [-0.1, -0.05) is 0 Å². The average Bonchev–Trinajstić information content (AvgIpc) is 2.98. The van der Waals surface area contributed by atoms with Crippen molar-refractivity contribution in [3.8, 4) is 0 Å². The van der Waals surface area contributed by atoms with Crippen molar-refractivity contribution in [1.29, 1.82) is 0 Å². The molecular weight excluding hydrogens is 301 g/mol. The van der Waals surface area contributed by atoms with Gasteiger partial charge in [0, 0.05) is 0 Å². The van der Waals surface area contributed by atoms with E-state index >= 15 is 0 Å². The molecule has 2 rings (SSSR count). The predicted molar refractivity (Wildman–Crippen MR) is 72.4 cm³/mol. The maximum Gasteiger partial charge on any atom is 0.429 e. The van der Waals surface area contributed by atoms with Gasteiger partial charge in [-0.3, -0.25) is 0 Å². The Hall–Kier alpha value is -1.44. The van der Waals surface area contributed by atoms with Gasteiger partial charge in [0.15, 0.2) is 0 Å². The Labute approximate surface area is 127 Å². The Morgan fingerprint density at radius 1 is 1.36 bits per heavy atom. The highest BCUT2D eigenvalue weighted by atomic mass is 19.4. The van der Waals surface area contributed by atoms with Crippen molar-refractivity contribution < 1.29 is 27.4 Å². The Morgan fingerprint density at radius 3 is 2.50 bits per heavy atom. The van der Waals surface area contributed by atoms with E-state index < -0.39 is 23.3 Å². The van der Waals surface area contributed by atoms with E-state index in [1.807, 2.05) is 0 Å². The van der Waals surface area contributed by atoms with E-state index in [1.54, 1.807) is 20.8 Å². The van der Waals surface area contributed by atoms with Crippen molar-refractivity contribution >= 4 is 6.09 Å². The van der Waals surface area contributed by atoms with Crippen LogP contribution in [0.5, 0.6) is 0 Å². The zero-order valence-electron chi connectivity index (χ0n) is 12.9. The molecule has 1 saturated carbocycles. The minimum absolute atomic E-state index is 0.0187. The Morgan fingerprint density at radius 2 is 2.00 bits per heavy atom. The molecule has 2 aliphatic rings. The number of hydrogen-bond donors (Lipinski definition) is 1. The van der Waals surface area contributed by atoms with Crippen LogP contribution in [0.1, 0.15) is 40.0 Å². The van der Waals surface area contributed by atoms with Crippen LogP contribution >= 0.6 is 0 Å². The smallest absolute Gasteiger partial charge is 0.429 e. The number of nitrogens with zero attached hydrogens (tertiary/aromatic N) is 1. The molecule has 0 spiro atoms. The summed E-state index contributed by atoms with van der Waals surface area (Å²) in [6.07, 6.45) is -3.06. The highest BCUT2D eigenvalue weighted by molar-refractivity contribution is 5.69. The first-order valence-electron chi connectivity index (χ1n) is 7.18. The predicted octanol–water partition coefficient (Wildman–Crippen LogP) is 3.33. The number of amides is 1. The summed E-state index contributed by atoms with van der Waals surface area (Å²) in [6, 6.07) is 0. The minimum Gasteiger partial charge on any atom is -0.495 e. The molecule has 126 valence electrons. The fourth-order valence-electron chi connectivity index (χ4n) is 2.12. The number of ether oxygens (including phenoxy) is 2. The molecule has 22 heavy (non-hydrogen) atoms. The van der Waals surface area contributed by atoms with Crippen molar-refractivity contribution in [3.05, 3.63) is 12.0 Å². The van der Waals surface area contributed by atoms with Crippen LogP contribution in [0, 0.1) is 5.41 Å². The Balaban J connectivity index is 1.78. The van der Waals surface area contributed by atoms with Gasteiger partial charge in [-0.25, -0.2) is 15.2 Å². The second-order valence-corrected chi connectivity index (χ2v) is 6.66. The number of carbonyl (C=O) groups excluding carboxylic acids is 1. The van der Waals surface area contributed by atoms with Crippen LogP contribution in [0.4, 0.5) is 18.0 Å². The van der Waals surface area contributed by atoms with E-state index in [0.717, 1.165) is 5.01 Å². The highest BCUT2D eigenvalue weighted by Gasteiger charge is 2.62. The Bertz CT molecular complexity index is 465. The second kappa shape index (κ2) is 5.64. The molecule has 1 heterocycles. The van der Waals surface area contributed by atoms with Crippen LogP contribution in [0.25, 0.3) is 0 Å². The molecule has 0 saturated heterocycles. The fourth-order valence-corrected chi connectivity index (χ4v) is 2.12. The zero-order valence-corrected chi connectivity index (χ0v) is 12.9. The molecule has 1 aliphatic carbocycles. The van der Waals surface area contributed by atoms with Crippen LogP contribution in [0.3, 0.4) is 0 Å². The number of halogens is 3. The lowest BCUT2D eigenvalue weighted by Gasteiger charge is -2.22. The van der Waals surface area contributed by atoms with Crippen molar-refractivity contribution in [2.24, 2.45) is 5.41 Å². The van der Waals surface area contributed by atoms with Gasteiger partial charge in [0.2, 0.25) is 0 Å². The standard InChI is InChI=1S/C14H21F3N2O3/c1-12(2,3)22-11(20)19-9-10(8-18-19)21-7-6-13(4-5-13)14(15,16)17/h9,18H,4-8H2,1-3H3. The molecule has 1 amide bonds. The van der Waals surface area contributed by atoms with Gasteiger partial charge in [0.25, 0.3) is 0 Å². The summed E-state index contributed by atoms with van der Waals surface area (Å²) in [5.41, 5.74) is 0.553. The number of nitrogens with one attached hydrogen (secondary N) is 1. The van der Waals surface area contributed by atoms with Crippen LogP contribution in [0.15, 0.2) is 12.0 Å². The molecule has 0 aromatic carbocycles. The van der Waals surface area contributed by atoms with Crippen LogP contribution < -0.4 is 5.43 Å². The molecule has 0 aromatic rings. The van der Waals surface area contributed by atoms with Gasteiger partial charge in [-0.15, -0.1) is 0 Å². The third-order valence-electron chi connectivity index (χ3n) is 3.61. The summed E-state index contributed by atoms with van der Waals surface area (Å²) in [7, 11) is 0. The quantitative estimate of drug-likeness (QED) is 0.862. The van der Waals surface area contributed by atoms with Crippen molar-refractivity contribution in [3.63, 3.8) is 0 Å². The van der Waals surface area contributed by atoms with Gasteiger partial charge >= 0.3 is 12.3 Å². The van der Waals surface area contributed by atoms with Gasteiger partial charge in [-0.05, 0) is 40.0 Å². The normalized spacial score (nSPS) is 20.6. The number of hydrazine groups is 1. The first-order valence-corrected chi connectivity index (χ1v) is 7.18. The molecule has 5 nitrogen and oxygen atoms in total. The molecular formula is C14H21F3N2O3. The summed E-state index contributed by atoms with van der Waals surface area (Å²) < 4.78 is 48.8. The SMILES string of the molecule is CC(C)(C)OC(=O)N1C=C(OCCC2(C(F)(F)F)CC2)CN1. The molecule has 0 atom stereocenters. The van der Waals surface area contributed by atoms with Gasteiger partial charge in [-0.2, -0.15) is 13.2 Å². The van der Waals surface area contributed by atoms with Crippen LogP contribution in [0.2, 0.25) is 0 Å². The van der Waals surface area contributed by atoms with E-state index in [1.165, 1.54) is 6.20 Å². The topological polar surface area (TPSA) is 50.8 Å². The fraction of sp³-hybridized carbons (Fsp3) is 0.786. The molecule has 0 bridgehead atoms. The molecule has 1 N–H and O–H groups in total. The van der Waals surface area contributed by atoms with Crippen molar-refractivity contribution in [2.75, 3.05) is 13.2 Å². The summed E-state index contributed by atoms with van der Waals surface area (Å²) >= 11 is 0. The van der Waals surface area contributed by atoms with Gasteiger partial charge in [0.05, 0.1) is 24.8 Å². The maximum absolute atomic E-state index is 12.8. The summed E-state index contributed by atoms with van der Waals surface area (Å²) in [5.74, 6) is 0.420. The van der Waals surface area contributed by atoms with E-state index in [-0.39, 0.29) is 32.4 Å². The van der Waals surface area contributed by atoms with E-state index in [0.29, 0.717) is 5.76 Å². The van der Waals surface area contributed by atoms with E-state index in [2.05, 4.69) is 5.43 Å². The highest BCUT2D eigenvalue weighted by Crippen LogP contribution is 2.59. The largest absolute Gasteiger partial charge is 0.495 e. The van der Waals surface area contributed by atoms with Crippen LogP contribution in [-0.2, 0) is 9.47 Å². The first-order chi connectivity index (χ1) is 10.0. The van der Waals surface area contributed by atoms with Gasteiger partial charge < -0.3 is 9.47 Å². The summed E-state index contributed by atoms with van der Waals surface area (Å²) in [4.78, 5) is 11.8. The summed E-state index contributed by atoms with van der Waals surface area (Å²) in [6.45, 7) is 5.46. The summed E-state index contributed by atoms with van der Waals surface area (Å²) in [5, 5.41) is 1.14. The second-order valence-electron chi connectivity index (χ2n) is 6.66. The molecule has 0 unspecified atom stereocenters. The Kier molecular flexibility index (Phi) is 4.34. The number of alkyl halides is 3. The molecule has 0 radical (unpaired) electrons. The lowest BCUT2D eigenvalue weighted by molar-refractivity contribution is -0.191.